The molecule has 0 radical (unpaired) electrons. The van der Waals surface area contributed by atoms with E-state index >= 15 is 0 Å². The third-order valence-corrected chi connectivity index (χ3v) is 2.85. The first kappa shape index (κ1) is 10.9. The molecule has 1 unspecified atom stereocenters. The van der Waals surface area contributed by atoms with Crippen LogP contribution in [0.1, 0.15) is 12.5 Å². The molecule has 86 valence electrons. The van der Waals surface area contributed by atoms with E-state index in [0.717, 1.165) is 17.9 Å². The van der Waals surface area contributed by atoms with E-state index in [4.69, 9.17) is 4.74 Å². The van der Waals surface area contributed by atoms with Gasteiger partial charge >= 0.3 is 0 Å². The van der Waals surface area contributed by atoms with Crippen LogP contribution in [0, 0.1) is 17.0 Å². The minimum atomic E-state index is -0.399. The van der Waals surface area contributed by atoms with Gasteiger partial charge in [-0.15, -0.1) is 0 Å². The molecular weight excluding hydrogens is 208 g/mol. The number of hydrogen-bond acceptors (Lipinski definition) is 4. The Hall–Kier alpha value is -1.62. The number of aryl methyl sites for hydroxylation is 1. The summed E-state index contributed by atoms with van der Waals surface area (Å²) in [6.45, 7) is 4.70. The van der Waals surface area contributed by atoms with Gasteiger partial charge in [0.05, 0.1) is 4.92 Å². The Kier molecular flexibility index (Phi) is 2.78. The fourth-order valence-corrected chi connectivity index (χ4v) is 1.64. The molecule has 0 aromatic heterocycles. The number of non-ortho nitro benzene ring substituents is 1. The third-order valence-electron chi connectivity index (χ3n) is 2.85. The summed E-state index contributed by atoms with van der Waals surface area (Å²) in [5.41, 5.74) is 0.901. The smallest absolute Gasteiger partial charge is 0.269 e. The van der Waals surface area contributed by atoms with Crippen LogP contribution < -0.4 is 10.1 Å². The fraction of sp³-hybridized carbons (Fsp3) is 0.455. The second-order valence-electron chi connectivity index (χ2n) is 4.06. The largest absolute Gasteiger partial charge is 0.487 e. The number of benzene rings is 1. The van der Waals surface area contributed by atoms with Gasteiger partial charge in [0.1, 0.15) is 11.9 Å². The van der Waals surface area contributed by atoms with Crippen molar-refractivity contribution in [1.82, 2.24) is 5.32 Å². The van der Waals surface area contributed by atoms with Gasteiger partial charge in [0, 0.05) is 24.7 Å². The number of hydrogen-bond donors (Lipinski definition) is 1. The molecule has 0 aliphatic carbocycles. The molecule has 0 saturated carbocycles. The van der Waals surface area contributed by atoms with Gasteiger partial charge in [-0.2, -0.15) is 0 Å². The van der Waals surface area contributed by atoms with E-state index in [9.17, 15) is 10.1 Å². The normalized spacial score (nSPS) is 23.6. The summed E-state index contributed by atoms with van der Waals surface area (Å²) >= 11 is 0. The van der Waals surface area contributed by atoms with Crippen LogP contribution in [0.25, 0.3) is 0 Å². The van der Waals surface area contributed by atoms with E-state index in [0.29, 0.717) is 6.04 Å². The molecule has 16 heavy (non-hydrogen) atoms. The molecule has 2 atom stereocenters. The predicted molar refractivity (Wildman–Crippen MR) is 59.7 cm³/mol. The van der Waals surface area contributed by atoms with Gasteiger partial charge in [-0.05, 0) is 25.5 Å². The zero-order valence-electron chi connectivity index (χ0n) is 9.27. The first-order valence-electron chi connectivity index (χ1n) is 5.23. The highest BCUT2D eigenvalue weighted by Gasteiger charge is 2.28. The van der Waals surface area contributed by atoms with Gasteiger partial charge in [0.2, 0.25) is 0 Å². The van der Waals surface area contributed by atoms with Crippen LogP contribution in [0.4, 0.5) is 5.69 Å². The third kappa shape index (κ3) is 1.99. The molecule has 5 nitrogen and oxygen atoms in total. The molecule has 1 fully saturated rings. The summed E-state index contributed by atoms with van der Waals surface area (Å²) in [7, 11) is 0. The van der Waals surface area contributed by atoms with Crippen LogP contribution >= 0.6 is 0 Å². The summed E-state index contributed by atoms with van der Waals surface area (Å²) in [5.74, 6) is 0.726. The van der Waals surface area contributed by atoms with Crippen LogP contribution in [0.3, 0.4) is 0 Å². The van der Waals surface area contributed by atoms with E-state index in [-0.39, 0.29) is 11.8 Å². The standard InChI is InChI=1S/C11H14N2O3/c1-7-5-9(13(14)15)3-4-10(7)16-11-6-12-8(11)2/h3-5,8,11-12H,6H2,1-2H3/t8-,11?/m0/s1. The number of nitrogens with one attached hydrogen (secondary N) is 1. The second kappa shape index (κ2) is 4.09. The van der Waals surface area contributed by atoms with Crippen molar-refractivity contribution in [2.45, 2.75) is 26.0 Å². The van der Waals surface area contributed by atoms with Crippen LogP contribution in [0.2, 0.25) is 0 Å². The van der Waals surface area contributed by atoms with E-state index in [1.54, 1.807) is 6.07 Å². The summed E-state index contributed by atoms with van der Waals surface area (Å²) in [6.07, 6.45) is 0.167. The van der Waals surface area contributed by atoms with Gasteiger partial charge in [0.15, 0.2) is 0 Å². The van der Waals surface area contributed by atoms with Gasteiger partial charge in [-0.1, -0.05) is 0 Å². The van der Waals surface area contributed by atoms with Crippen molar-refractivity contribution < 1.29 is 9.66 Å². The van der Waals surface area contributed by atoms with Crippen molar-refractivity contribution in [3.05, 3.63) is 33.9 Å². The maximum atomic E-state index is 10.6. The summed E-state index contributed by atoms with van der Waals surface area (Å²) in [4.78, 5) is 10.2. The molecule has 1 aromatic rings. The molecule has 1 N–H and O–H groups in total. The van der Waals surface area contributed by atoms with E-state index in [2.05, 4.69) is 12.2 Å². The summed E-state index contributed by atoms with van der Waals surface area (Å²) in [6, 6.07) is 5.01. The summed E-state index contributed by atoms with van der Waals surface area (Å²) < 4.78 is 5.74. The van der Waals surface area contributed by atoms with Crippen molar-refractivity contribution in [2.24, 2.45) is 0 Å². The molecule has 1 aliphatic rings. The van der Waals surface area contributed by atoms with Crippen molar-refractivity contribution >= 4 is 5.69 Å². The molecule has 0 bridgehead atoms. The van der Waals surface area contributed by atoms with E-state index < -0.39 is 4.92 Å². The average Bonchev–Trinajstić information content (AvgIpc) is 2.25. The van der Waals surface area contributed by atoms with Crippen molar-refractivity contribution in [2.75, 3.05) is 6.54 Å². The van der Waals surface area contributed by atoms with Gasteiger partial charge in [-0.3, -0.25) is 10.1 Å². The minimum absolute atomic E-state index is 0.102. The Balaban J connectivity index is 2.13. The first-order valence-corrected chi connectivity index (χ1v) is 5.23. The molecular formula is C11H14N2O3. The van der Waals surface area contributed by atoms with Crippen LogP contribution in [0.15, 0.2) is 18.2 Å². The highest BCUT2D eigenvalue weighted by atomic mass is 16.6. The number of nitrogens with zero attached hydrogens (tertiary/aromatic N) is 1. The summed E-state index contributed by atoms with van der Waals surface area (Å²) in [5, 5.41) is 13.8. The lowest BCUT2D eigenvalue weighted by Crippen LogP contribution is -2.58. The Morgan fingerprint density at radius 3 is 2.75 bits per heavy atom. The number of rotatable bonds is 3. The number of nitro benzene ring substituents is 1. The van der Waals surface area contributed by atoms with Gasteiger partial charge in [0.25, 0.3) is 5.69 Å². The van der Waals surface area contributed by atoms with Crippen LogP contribution in [-0.2, 0) is 0 Å². The second-order valence-corrected chi connectivity index (χ2v) is 4.06. The number of ether oxygens (including phenoxy) is 1. The maximum absolute atomic E-state index is 10.6. The van der Waals surface area contributed by atoms with Crippen LogP contribution in [-0.4, -0.2) is 23.6 Å². The fourth-order valence-electron chi connectivity index (χ4n) is 1.64. The van der Waals surface area contributed by atoms with Gasteiger partial charge in [-0.25, -0.2) is 0 Å². The topological polar surface area (TPSA) is 64.4 Å². The van der Waals surface area contributed by atoms with Crippen molar-refractivity contribution in [1.29, 1.82) is 0 Å². The highest BCUT2D eigenvalue weighted by molar-refractivity contribution is 5.43. The first-order chi connectivity index (χ1) is 7.58. The lowest BCUT2D eigenvalue weighted by Gasteiger charge is -2.35. The molecule has 2 rings (SSSR count). The van der Waals surface area contributed by atoms with Crippen LogP contribution in [0.5, 0.6) is 5.75 Å². The highest BCUT2D eigenvalue weighted by Crippen LogP contribution is 2.25. The molecule has 1 aromatic carbocycles. The molecule has 1 aliphatic heterocycles. The monoisotopic (exact) mass is 222 g/mol. The lowest BCUT2D eigenvalue weighted by atomic mass is 10.1. The molecule has 0 amide bonds. The maximum Gasteiger partial charge on any atom is 0.269 e. The zero-order valence-corrected chi connectivity index (χ0v) is 9.27. The Labute approximate surface area is 93.6 Å². The predicted octanol–water partition coefficient (Wildman–Crippen LogP) is 1.64. The van der Waals surface area contributed by atoms with Gasteiger partial charge < -0.3 is 10.1 Å². The minimum Gasteiger partial charge on any atom is -0.487 e. The molecule has 0 spiro atoms. The lowest BCUT2D eigenvalue weighted by molar-refractivity contribution is -0.384. The Bertz CT molecular complexity index is 420. The molecule has 5 heteroatoms. The quantitative estimate of drug-likeness (QED) is 0.623. The molecule has 1 saturated heterocycles. The number of nitro groups is 1. The average molecular weight is 222 g/mol. The van der Waals surface area contributed by atoms with Crippen molar-refractivity contribution in [3.8, 4) is 5.75 Å². The Morgan fingerprint density at radius 2 is 2.31 bits per heavy atom. The van der Waals surface area contributed by atoms with E-state index in [1.165, 1.54) is 12.1 Å². The van der Waals surface area contributed by atoms with Crippen molar-refractivity contribution in [3.63, 3.8) is 0 Å². The van der Waals surface area contributed by atoms with E-state index in [1.807, 2.05) is 6.92 Å². The molecule has 1 heterocycles. The zero-order chi connectivity index (χ0) is 11.7. The SMILES string of the molecule is Cc1cc([N+](=O)[O-])ccc1OC1CN[C@H]1C. The Morgan fingerprint density at radius 1 is 1.56 bits per heavy atom.